The van der Waals surface area contributed by atoms with Crippen molar-refractivity contribution >= 4 is 24.2 Å². The average Bonchev–Trinajstić information content (AvgIpc) is 2.59. The van der Waals surface area contributed by atoms with E-state index in [2.05, 4.69) is 55.9 Å². The molecule has 0 bridgehead atoms. The first-order valence-corrected chi connectivity index (χ1v) is 12.6. The van der Waals surface area contributed by atoms with Gasteiger partial charge in [-0.25, -0.2) is 0 Å². The highest BCUT2D eigenvalue weighted by atomic mass is 79.9. The molecule has 0 saturated carbocycles. The van der Waals surface area contributed by atoms with Gasteiger partial charge in [-0.1, -0.05) is 54.9 Å². The van der Waals surface area contributed by atoms with Crippen molar-refractivity contribution in [3.05, 3.63) is 63.6 Å². The van der Waals surface area contributed by atoms with Gasteiger partial charge < -0.3 is 14.3 Å². The summed E-state index contributed by atoms with van der Waals surface area (Å²) in [4.78, 5) is 0. The number of aliphatic hydroxyl groups is 1. The molecule has 0 amide bonds. The van der Waals surface area contributed by atoms with E-state index in [-0.39, 0.29) is 11.6 Å². The fraction of sp³-hybridized carbons (Fsp3) is 0.429. The van der Waals surface area contributed by atoms with Gasteiger partial charge in [-0.05, 0) is 53.5 Å². The maximum absolute atomic E-state index is 9.29. The van der Waals surface area contributed by atoms with Gasteiger partial charge in [0.05, 0.1) is 13.2 Å². The minimum absolute atomic E-state index is 0.0283. The predicted octanol–water partition coefficient (Wildman–Crippen LogP) is 6.04. The standard InChI is InChI=1S/C21H29BrO3Si/c1-21(2,3)26(4,5)25-14-17-7-6-8-19(12-17)24-15-18-11-16(13-23)9-10-20(18)22/h6-12,23H,13-15H2,1-5H3. The summed E-state index contributed by atoms with van der Waals surface area (Å²) in [6.45, 7) is 12.3. The van der Waals surface area contributed by atoms with Crippen LogP contribution in [0.4, 0.5) is 0 Å². The highest BCUT2D eigenvalue weighted by Gasteiger charge is 2.36. The topological polar surface area (TPSA) is 38.7 Å². The lowest BCUT2D eigenvalue weighted by atomic mass is 10.1. The van der Waals surface area contributed by atoms with E-state index in [4.69, 9.17) is 9.16 Å². The molecule has 142 valence electrons. The molecule has 0 spiro atoms. The number of hydrogen-bond acceptors (Lipinski definition) is 3. The molecule has 1 N–H and O–H groups in total. The summed E-state index contributed by atoms with van der Waals surface area (Å²) in [5, 5.41) is 9.49. The molecular formula is C21H29BrO3Si. The first-order valence-electron chi connectivity index (χ1n) is 8.86. The van der Waals surface area contributed by atoms with E-state index in [1.165, 1.54) is 0 Å². The summed E-state index contributed by atoms with van der Waals surface area (Å²) >= 11 is 3.54. The number of ether oxygens (including phenoxy) is 1. The molecule has 0 aliphatic heterocycles. The maximum Gasteiger partial charge on any atom is 0.192 e. The zero-order chi connectivity index (χ0) is 19.4. The Morgan fingerprint density at radius 3 is 2.38 bits per heavy atom. The minimum Gasteiger partial charge on any atom is -0.489 e. The van der Waals surface area contributed by atoms with Crippen LogP contribution in [0.15, 0.2) is 46.9 Å². The van der Waals surface area contributed by atoms with Crippen molar-refractivity contribution in [3.63, 3.8) is 0 Å². The Kier molecular flexibility index (Phi) is 7.08. The summed E-state index contributed by atoms with van der Waals surface area (Å²) in [5.74, 6) is 0.822. The summed E-state index contributed by atoms with van der Waals surface area (Å²) < 4.78 is 13.2. The Morgan fingerprint density at radius 1 is 1.00 bits per heavy atom. The van der Waals surface area contributed by atoms with Gasteiger partial charge in [0, 0.05) is 10.0 Å². The van der Waals surface area contributed by atoms with E-state index in [0.717, 1.165) is 26.9 Å². The summed E-state index contributed by atoms with van der Waals surface area (Å²) in [6, 6.07) is 13.9. The number of aliphatic hydroxyl groups excluding tert-OH is 1. The molecule has 26 heavy (non-hydrogen) atoms. The second kappa shape index (κ2) is 8.70. The van der Waals surface area contributed by atoms with Gasteiger partial charge in [0.25, 0.3) is 0 Å². The van der Waals surface area contributed by atoms with E-state index >= 15 is 0 Å². The minimum atomic E-state index is -1.76. The second-order valence-electron chi connectivity index (χ2n) is 8.07. The predicted molar refractivity (Wildman–Crippen MR) is 113 cm³/mol. The van der Waals surface area contributed by atoms with Gasteiger partial charge in [-0.2, -0.15) is 0 Å². The van der Waals surface area contributed by atoms with Crippen molar-refractivity contribution in [3.8, 4) is 5.75 Å². The number of halogens is 1. The van der Waals surface area contributed by atoms with Crippen molar-refractivity contribution in [2.75, 3.05) is 0 Å². The maximum atomic E-state index is 9.29. The largest absolute Gasteiger partial charge is 0.489 e. The first-order chi connectivity index (χ1) is 12.1. The van der Waals surface area contributed by atoms with Gasteiger partial charge in [0.1, 0.15) is 12.4 Å². The SMILES string of the molecule is CC(C)(C)[Si](C)(C)OCc1cccc(OCc2cc(CO)ccc2Br)c1. The molecule has 2 rings (SSSR count). The second-order valence-corrected chi connectivity index (χ2v) is 13.7. The molecule has 0 saturated heterocycles. The molecule has 0 atom stereocenters. The third-order valence-electron chi connectivity index (χ3n) is 4.99. The smallest absolute Gasteiger partial charge is 0.192 e. The van der Waals surface area contributed by atoms with Crippen LogP contribution in [0.5, 0.6) is 5.75 Å². The van der Waals surface area contributed by atoms with E-state index in [9.17, 15) is 5.11 Å². The van der Waals surface area contributed by atoms with E-state index in [1.54, 1.807) is 0 Å². The van der Waals surface area contributed by atoms with Crippen LogP contribution in [-0.2, 0) is 24.2 Å². The molecule has 2 aromatic carbocycles. The molecule has 0 aliphatic rings. The third kappa shape index (κ3) is 5.68. The molecule has 0 unspecified atom stereocenters. The monoisotopic (exact) mass is 436 g/mol. The van der Waals surface area contributed by atoms with Crippen molar-refractivity contribution in [2.24, 2.45) is 0 Å². The van der Waals surface area contributed by atoms with Gasteiger partial charge in [-0.3, -0.25) is 0 Å². The molecule has 0 fully saturated rings. The number of benzene rings is 2. The van der Waals surface area contributed by atoms with Gasteiger partial charge in [0.2, 0.25) is 0 Å². The fourth-order valence-corrected chi connectivity index (χ4v) is 3.53. The fourth-order valence-electron chi connectivity index (χ4n) is 2.20. The van der Waals surface area contributed by atoms with E-state index in [1.807, 2.05) is 36.4 Å². The van der Waals surface area contributed by atoms with E-state index < -0.39 is 8.32 Å². The Balaban J connectivity index is 2.01. The van der Waals surface area contributed by atoms with Crippen LogP contribution in [0.25, 0.3) is 0 Å². The molecule has 0 heterocycles. The lowest BCUT2D eigenvalue weighted by Crippen LogP contribution is -2.40. The zero-order valence-electron chi connectivity index (χ0n) is 16.3. The number of rotatable bonds is 7. The summed E-state index contributed by atoms with van der Waals surface area (Å²) in [6.07, 6.45) is 0. The number of hydrogen-bond donors (Lipinski definition) is 1. The molecule has 0 radical (unpaired) electrons. The highest BCUT2D eigenvalue weighted by Crippen LogP contribution is 2.37. The molecule has 5 heteroatoms. The molecule has 2 aromatic rings. The molecular weight excluding hydrogens is 408 g/mol. The summed E-state index contributed by atoms with van der Waals surface area (Å²) in [7, 11) is -1.76. The Bertz CT molecular complexity index is 738. The van der Waals surface area contributed by atoms with Crippen LogP contribution in [0.1, 0.15) is 37.5 Å². The van der Waals surface area contributed by atoms with Crippen molar-refractivity contribution < 1.29 is 14.3 Å². The van der Waals surface area contributed by atoms with Crippen LogP contribution in [0.3, 0.4) is 0 Å². The zero-order valence-corrected chi connectivity index (χ0v) is 18.9. The lowest BCUT2D eigenvalue weighted by Gasteiger charge is -2.36. The molecule has 0 aromatic heterocycles. The van der Waals surface area contributed by atoms with Crippen LogP contribution in [-0.4, -0.2) is 13.4 Å². The molecule has 3 nitrogen and oxygen atoms in total. The average molecular weight is 437 g/mol. The van der Waals surface area contributed by atoms with Gasteiger partial charge in [0.15, 0.2) is 8.32 Å². The van der Waals surface area contributed by atoms with E-state index in [0.29, 0.717) is 13.2 Å². The van der Waals surface area contributed by atoms with Crippen LogP contribution < -0.4 is 4.74 Å². The first kappa shape index (κ1) is 21.2. The van der Waals surface area contributed by atoms with Crippen LogP contribution in [0, 0.1) is 0 Å². The van der Waals surface area contributed by atoms with Crippen molar-refractivity contribution in [2.45, 2.75) is 58.7 Å². The van der Waals surface area contributed by atoms with Crippen LogP contribution in [0.2, 0.25) is 18.1 Å². The quantitative estimate of drug-likeness (QED) is 0.537. The third-order valence-corrected chi connectivity index (χ3v) is 10.2. The Hall–Kier alpha value is -1.14. The van der Waals surface area contributed by atoms with Crippen LogP contribution >= 0.6 is 15.9 Å². The summed E-state index contributed by atoms with van der Waals surface area (Å²) in [5.41, 5.74) is 3.01. The molecule has 0 aliphatic carbocycles. The Morgan fingerprint density at radius 2 is 1.73 bits per heavy atom. The highest BCUT2D eigenvalue weighted by molar-refractivity contribution is 9.10. The van der Waals surface area contributed by atoms with Gasteiger partial charge in [-0.15, -0.1) is 0 Å². The van der Waals surface area contributed by atoms with Gasteiger partial charge >= 0.3 is 0 Å². The Labute approximate surface area is 166 Å². The van der Waals surface area contributed by atoms with Crippen molar-refractivity contribution in [1.82, 2.24) is 0 Å². The lowest BCUT2D eigenvalue weighted by molar-refractivity contribution is 0.273. The normalized spacial score (nSPS) is 12.3. The van der Waals surface area contributed by atoms with Crippen molar-refractivity contribution in [1.29, 1.82) is 0 Å².